The molecule has 12 N–H and O–H groups in total. The number of nitrogens with zero attached hydrogens (tertiary/aromatic N) is 4. The monoisotopic (exact) mass is 585 g/mol. The van der Waals surface area contributed by atoms with Crippen LogP contribution in [0.25, 0.3) is 11.2 Å². The Kier molecular flexibility index (Phi) is 7.72. The van der Waals surface area contributed by atoms with Gasteiger partial charge in [-0.05, 0) is 18.2 Å². The molecule has 16 nitrogen and oxygen atoms in total. The topological polar surface area (TPSA) is 260 Å². The molecule has 1 aliphatic heterocycles. The molecular weight excluding hydrogens is 556 g/mol. The number of para-hydroxylation sites is 2. The van der Waals surface area contributed by atoms with Crippen molar-refractivity contribution in [3.05, 3.63) is 66.0 Å². The van der Waals surface area contributed by atoms with E-state index >= 15 is 0 Å². The molecule has 4 unspecified atom stereocenters. The van der Waals surface area contributed by atoms with E-state index in [0.717, 1.165) is 11.3 Å². The number of aliphatic hydroxyl groups excluding tert-OH is 2. The highest BCUT2D eigenvalue weighted by Gasteiger charge is 2.44. The summed E-state index contributed by atoms with van der Waals surface area (Å²) in [5, 5.41) is 24.5. The standard InChI is InChI=1S/C24H28N10O6S/c25-9-12-5-1-4-8-15(12)30-24-31-20(27)17-21(32-24)34(11-28-17)23-19(36)18(35)16(40-23)10-29-41(38,39)33-22(37)13-6-2-3-7-14(13)26/h1-8,11,16,18-19,23,29,35-36H,9-10,25-26H2,(H,33,37)(H3,27,30,31,32)/p+1. The van der Waals surface area contributed by atoms with Gasteiger partial charge in [0.1, 0.15) is 30.4 Å². The minimum absolute atomic E-state index is 0.0255. The summed E-state index contributed by atoms with van der Waals surface area (Å²) in [4.78, 5) is 25.3. The predicted octanol–water partition coefficient (Wildman–Crippen LogP) is -1.64. The molecule has 4 aromatic rings. The number of aromatic nitrogens is 4. The fourth-order valence-electron chi connectivity index (χ4n) is 4.40. The van der Waals surface area contributed by atoms with Gasteiger partial charge in [-0.15, -0.1) is 0 Å². The van der Waals surface area contributed by atoms with E-state index in [1.54, 1.807) is 6.07 Å². The quantitative estimate of drug-likeness (QED) is 0.103. The summed E-state index contributed by atoms with van der Waals surface area (Å²) in [5.74, 6) is -0.717. The van der Waals surface area contributed by atoms with Crippen molar-refractivity contribution < 1.29 is 33.9 Å². The summed E-state index contributed by atoms with van der Waals surface area (Å²) in [6, 6.07) is 13.4. The third-order valence-electron chi connectivity index (χ3n) is 6.50. The summed E-state index contributed by atoms with van der Waals surface area (Å²) < 4.78 is 36.2. The Bertz CT molecular complexity index is 1700. The molecule has 216 valence electrons. The number of anilines is 4. The lowest BCUT2D eigenvalue weighted by atomic mass is 10.1. The molecule has 0 aliphatic carbocycles. The molecule has 1 aliphatic rings. The number of rotatable bonds is 9. The molecule has 1 fully saturated rings. The van der Waals surface area contributed by atoms with Gasteiger partial charge in [-0.25, -0.2) is 9.71 Å². The third-order valence-corrected chi connectivity index (χ3v) is 7.50. The van der Waals surface area contributed by atoms with Crippen LogP contribution >= 0.6 is 0 Å². The molecule has 1 saturated heterocycles. The maximum Gasteiger partial charge on any atom is 0.301 e. The van der Waals surface area contributed by atoms with Gasteiger partial charge in [-0.2, -0.15) is 23.1 Å². The number of nitrogen functional groups attached to an aromatic ring is 2. The lowest BCUT2D eigenvalue weighted by Crippen LogP contribution is -2.47. The number of amides is 1. The Hall–Kier alpha value is -4.39. The van der Waals surface area contributed by atoms with E-state index in [2.05, 4.69) is 30.7 Å². The number of hydrogen-bond acceptors (Lipinski definition) is 12. The van der Waals surface area contributed by atoms with Crippen LogP contribution in [-0.4, -0.2) is 68.9 Å². The van der Waals surface area contributed by atoms with Crippen LogP contribution in [0.15, 0.2) is 54.9 Å². The zero-order valence-corrected chi connectivity index (χ0v) is 22.3. The lowest BCUT2D eigenvalue weighted by molar-refractivity contribution is -0.386. The second-order valence-electron chi connectivity index (χ2n) is 9.21. The maximum atomic E-state index is 12.5. The fraction of sp³-hybridized carbons (Fsp3) is 0.250. The largest absolute Gasteiger partial charge is 0.398 e. The van der Waals surface area contributed by atoms with Crippen molar-refractivity contribution in [3.8, 4) is 0 Å². The van der Waals surface area contributed by atoms with Crippen molar-refractivity contribution in [2.75, 3.05) is 23.3 Å². The number of hydrogen-bond donors (Lipinski definition) is 8. The van der Waals surface area contributed by atoms with Gasteiger partial charge in [0.25, 0.3) is 5.91 Å². The van der Waals surface area contributed by atoms with Gasteiger partial charge < -0.3 is 37.5 Å². The number of quaternary nitrogens is 1. The Balaban J connectivity index is 1.32. The fourth-order valence-corrected chi connectivity index (χ4v) is 5.21. The number of fused-ring (bicyclic) bond motifs is 1. The van der Waals surface area contributed by atoms with Gasteiger partial charge in [0.15, 0.2) is 17.7 Å². The van der Waals surface area contributed by atoms with Crippen LogP contribution in [0.1, 0.15) is 22.1 Å². The molecular formula is C24H29N10O6S+. The number of ether oxygens (including phenoxy) is 1. The van der Waals surface area contributed by atoms with Gasteiger partial charge in [0.05, 0.1) is 11.9 Å². The second-order valence-corrected chi connectivity index (χ2v) is 10.7. The Morgan fingerprint density at radius 2 is 1.80 bits per heavy atom. The van der Waals surface area contributed by atoms with Crippen LogP contribution in [0.2, 0.25) is 0 Å². The number of benzene rings is 2. The Labute approximate surface area is 233 Å². The van der Waals surface area contributed by atoms with Crippen LogP contribution in [0.3, 0.4) is 0 Å². The highest BCUT2D eigenvalue weighted by molar-refractivity contribution is 7.88. The first-order valence-corrected chi connectivity index (χ1v) is 13.9. The Morgan fingerprint density at radius 1 is 1.07 bits per heavy atom. The van der Waals surface area contributed by atoms with E-state index in [1.165, 1.54) is 29.1 Å². The molecule has 0 radical (unpaired) electrons. The highest BCUT2D eigenvalue weighted by Crippen LogP contribution is 2.32. The molecule has 0 bridgehead atoms. The number of nitrogens with two attached hydrogens (primary N) is 2. The minimum atomic E-state index is -4.37. The summed E-state index contributed by atoms with van der Waals surface area (Å²) >= 11 is 0. The number of nitrogens with one attached hydrogen (secondary N) is 3. The molecule has 41 heavy (non-hydrogen) atoms. The van der Waals surface area contributed by atoms with E-state index in [1.807, 2.05) is 29.0 Å². The highest BCUT2D eigenvalue weighted by atomic mass is 32.2. The maximum absolute atomic E-state index is 12.5. The van der Waals surface area contributed by atoms with Crippen molar-refractivity contribution in [1.29, 1.82) is 0 Å². The molecule has 4 atom stereocenters. The predicted molar refractivity (Wildman–Crippen MR) is 147 cm³/mol. The number of carbonyl (C=O) groups excluding carboxylic acids is 1. The van der Waals surface area contributed by atoms with Gasteiger partial charge in [-0.1, -0.05) is 30.3 Å². The van der Waals surface area contributed by atoms with Crippen molar-refractivity contribution in [1.82, 2.24) is 29.0 Å². The summed E-state index contributed by atoms with van der Waals surface area (Å²) in [7, 11) is -4.37. The van der Waals surface area contributed by atoms with Crippen LogP contribution in [-0.2, 0) is 21.5 Å². The smallest absolute Gasteiger partial charge is 0.301 e. The van der Waals surface area contributed by atoms with Crippen molar-refractivity contribution >= 4 is 50.4 Å². The first-order chi connectivity index (χ1) is 19.6. The van der Waals surface area contributed by atoms with E-state index in [4.69, 9.17) is 16.2 Å². The Morgan fingerprint density at radius 3 is 2.56 bits per heavy atom. The van der Waals surface area contributed by atoms with Crippen LogP contribution in [0, 0.1) is 0 Å². The normalized spacial score (nSPS) is 20.8. The summed E-state index contributed by atoms with van der Waals surface area (Å²) in [6.07, 6.45) is -4.05. The minimum Gasteiger partial charge on any atom is -0.398 e. The van der Waals surface area contributed by atoms with Gasteiger partial charge in [0, 0.05) is 23.5 Å². The average Bonchev–Trinajstić information content (AvgIpc) is 3.48. The molecule has 3 heterocycles. The van der Waals surface area contributed by atoms with E-state index in [-0.39, 0.29) is 34.2 Å². The molecule has 5 rings (SSSR count). The molecule has 0 saturated carbocycles. The van der Waals surface area contributed by atoms with E-state index < -0.39 is 47.2 Å². The molecule has 17 heteroatoms. The first kappa shape index (κ1) is 28.1. The average molecular weight is 586 g/mol. The van der Waals surface area contributed by atoms with Crippen molar-refractivity contribution in [3.63, 3.8) is 0 Å². The number of carbonyl (C=O) groups is 1. The van der Waals surface area contributed by atoms with E-state index in [0.29, 0.717) is 6.54 Å². The van der Waals surface area contributed by atoms with Crippen LogP contribution in [0.5, 0.6) is 0 Å². The van der Waals surface area contributed by atoms with Crippen LogP contribution in [0.4, 0.5) is 23.1 Å². The van der Waals surface area contributed by atoms with Crippen LogP contribution < -0.4 is 32.0 Å². The SMILES string of the molecule is Nc1ccccc1C(=O)NS(=O)(=O)NCC1OC(n2cnc3c(N)nc(Nc4ccccc4C[NH3+])nc32)C(O)C1O. The lowest BCUT2D eigenvalue weighted by Gasteiger charge is -2.17. The van der Waals surface area contributed by atoms with E-state index in [9.17, 15) is 23.4 Å². The molecule has 1 amide bonds. The van der Waals surface area contributed by atoms with Crippen molar-refractivity contribution in [2.45, 2.75) is 31.1 Å². The van der Waals surface area contributed by atoms with Gasteiger partial charge >= 0.3 is 10.2 Å². The summed E-state index contributed by atoms with van der Waals surface area (Å²) in [6.45, 7) is 0.0496. The van der Waals surface area contributed by atoms with Crippen molar-refractivity contribution in [2.24, 2.45) is 0 Å². The zero-order valence-electron chi connectivity index (χ0n) is 21.5. The molecule has 2 aromatic heterocycles. The number of aliphatic hydroxyl groups is 2. The third kappa shape index (κ3) is 5.75. The molecule has 0 spiro atoms. The number of imidazole rings is 1. The first-order valence-electron chi connectivity index (χ1n) is 12.4. The van der Waals surface area contributed by atoms with Gasteiger partial charge in [0.2, 0.25) is 5.95 Å². The summed E-state index contributed by atoms with van der Waals surface area (Å²) in [5.41, 5.74) is 17.9. The second kappa shape index (κ2) is 11.2. The van der Waals surface area contributed by atoms with Gasteiger partial charge in [-0.3, -0.25) is 9.36 Å². The molecule has 2 aromatic carbocycles. The zero-order chi connectivity index (χ0) is 29.3.